The number of rotatable bonds is 4. The molecule has 5 rings (SSSR count). The van der Waals surface area contributed by atoms with E-state index in [4.69, 9.17) is 4.74 Å². The first-order valence-electron chi connectivity index (χ1n) is 13.2. The number of nitrogens with zero attached hydrogens (tertiary/aromatic N) is 3. The monoisotopic (exact) mass is 453 g/mol. The van der Waals surface area contributed by atoms with Gasteiger partial charge in [-0.25, -0.2) is 4.79 Å². The lowest BCUT2D eigenvalue weighted by Crippen LogP contribution is -2.59. The summed E-state index contributed by atoms with van der Waals surface area (Å²) in [6.07, 6.45) is 8.90. The van der Waals surface area contributed by atoms with Gasteiger partial charge in [-0.05, 0) is 63.0 Å². The summed E-state index contributed by atoms with van der Waals surface area (Å²) < 4.78 is 6.26. The van der Waals surface area contributed by atoms with Gasteiger partial charge in [0, 0.05) is 56.3 Å². The second-order valence-electron chi connectivity index (χ2n) is 10.5. The SMILES string of the molecule is CCC[C@H]1[C@@H](OC(=O)N2CCN(c3ccccc3)CC2)CC[C@@]23CCCN2C(=O)CCC[C@@H]13. The summed E-state index contributed by atoms with van der Waals surface area (Å²) in [6.45, 7) is 6.24. The minimum Gasteiger partial charge on any atom is -0.446 e. The molecule has 1 aliphatic carbocycles. The molecule has 1 spiro atoms. The van der Waals surface area contributed by atoms with Crippen molar-refractivity contribution >= 4 is 17.7 Å². The molecule has 0 unspecified atom stereocenters. The Hall–Kier alpha value is -2.24. The van der Waals surface area contributed by atoms with Crippen molar-refractivity contribution in [1.82, 2.24) is 9.80 Å². The van der Waals surface area contributed by atoms with Crippen molar-refractivity contribution in [3.05, 3.63) is 30.3 Å². The minimum absolute atomic E-state index is 0.0177. The molecular formula is C27H39N3O3. The fourth-order valence-corrected chi connectivity index (χ4v) is 7.32. The van der Waals surface area contributed by atoms with Crippen molar-refractivity contribution in [3.63, 3.8) is 0 Å². The first kappa shape index (κ1) is 22.5. The largest absolute Gasteiger partial charge is 0.446 e. The van der Waals surface area contributed by atoms with Crippen molar-refractivity contribution in [3.8, 4) is 0 Å². The standard InChI is InChI=1S/C27H39N3O3/c1-2-8-22-23-11-6-12-25(31)30-16-7-14-27(23,30)15-13-24(22)33-26(32)29-19-17-28(18-20-29)21-9-4-3-5-10-21/h3-5,9-10,22-24H,2,6-8,11-20H2,1H3/t22-,23+,24+,27-/m1/s1. The van der Waals surface area contributed by atoms with Gasteiger partial charge in [0.05, 0.1) is 0 Å². The lowest BCUT2D eigenvalue weighted by Gasteiger charge is -2.52. The van der Waals surface area contributed by atoms with Gasteiger partial charge in [-0.1, -0.05) is 31.5 Å². The third kappa shape index (κ3) is 4.22. The fraction of sp³-hybridized carbons (Fsp3) is 0.704. The zero-order valence-corrected chi connectivity index (χ0v) is 20.1. The quantitative estimate of drug-likeness (QED) is 0.664. The van der Waals surface area contributed by atoms with E-state index in [2.05, 4.69) is 41.0 Å². The van der Waals surface area contributed by atoms with E-state index in [1.165, 1.54) is 5.69 Å². The fourth-order valence-electron chi connectivity index (χ4n) is 7.32. The van der Waals surface area contributed by atoms with E-state index in [1.807, 2.05) is 11.0 Å². The average Bonchev–Trinajstić information content (AvgIpc) is 3.22. The third-order valence-electron chi connectivity index (χ3n) is 8.82. The van der Waals surface area contributed by atoms with Crippen LogP contribution in [0.3, 0.4) is 0 Å². The van der Waals surface area contributed by atoms with E-state index in [1.54, 1.807) is 0 Å². The molecule has 2 amide bonds. The molecule has 180 valence electrons. The van der Waals surface area contributed by atoms with Crippen molar-refractivity contribution in [2.75, 3.05) is 37.6 Å². The number of para-hydroxylation sites is 1. The normalized spacial score (nSPS) is 32.2. The van der Waals surface area contributed by atoms with Gasteiger partial charge < -0.3 is 19.4 Å². The Morgan fingerprint density at radius 1 is 1.03 bits per heavy atom. The molecule has 4 atom stereocenters. The number of carbonyl (C=O) groups is 2. The van der Waals surface area contributed by atoms with E-state index in [9.17, 15) is 9.59 Å². The van der Waals surface area contributed by atoms with Gasteiger partial charge in [0.25, 0.3) is 0 Å². The van der Waals surface area contributed by atoms with Crippen molar-refractivity contribution in [2.45, 2.75) is 76.4 Å². The summed E-state index contributed by atoms with van der Waals surface area (Å²) in [6, 6.07) is 10.4. The van der Waals surface area contributed by atoms with Crippen LogP contribution in [0.1, 0.15) is 64.7 Å². The molecule has 1 aromatic rings. The van der Waals surface area contributed by atoms with Crippen molar-refractivity contribution in [2.24, 2.45) is 11.8 Å². The molecule has 3 saturated heterocycles. The molecule has 33 heavy (non-hydrogen) atoms. The van der Waals surface area contributed by atoms with Gasteiger partial charge in [-0.15, -0.1) is 0 Å². The molecule has 1 aromatic carbocycles. The summed E-state index contributed by atoms with van der Waals surface area (Å²) in [4.78, 5) is 32.5. The zero-order chi connectivity index (χ0) is 22.8. The smallest absolute Gasteiger partial charge is 0.410 e. The molecule has 0 radical (unpaired) electrons. The summed E-state index contributed by atoms with van der Waals surface area (Å²) in [5, 5.41) is 0. The third-order valence-corrected chi connectivity index (χ3v) is 8.82. The Balaban J connectivity index is 1.25. The molecule has 6 heteroatoms. The topological polar surface area (TPSA) is 53.1 Å². The van der Waals surface area contributed by atoms with Crippen LogP contribution in [0, 0.1) is 11.8 Å². The number of hydrogen-bond donors (Lipinski definition) is 0. The van der Waals surface area contributed by atoms with Crippen LogP contribution in [0.5, 0.6) is 0 Å². The average molecular weight is 454 g/mol. The van der Waals surface area contributed by atoms with Gasteiger partial charge in [-0.3, -0.25) is 4.79 Å². The zero-order valence-electron chi connectivity index (χ0n) is 20.1. The predicted molar refractivity (Wildman–Crippen MR) is 129 cm³/mol. The lowest BCUT2D eigenvalue weighted by atomic mass is 9.62. The first-order chi connectivity index (χ1) is 16.1. The van der Waals surface area contributed by atoms with Gasteiger partial charge in [0.2, 0.25) is 5.91 Å². The highest BCUT2D eigenvalue weighted by molar-refractivity contribution is 5.78. The molecule has 6 nitrogen and oxygen atoms in total. The summed E-state index contributed by atoms with van der Waals surface area (Å²) in [5.41, 5.74) is 1.24. The maximum atomic E-state index is 13.2. The van der Waals surface area contributed by atoms with Crippen LogP contribution >= 0.6 is 0 Å². The predicted octanol–water partition coefficient (Wildman–Crippen LogP) is 4.69. The molecule has 4 fully saturated rings. The van der Waals surface area contributed by atoms with Gasteiger partial charge in [0.1, 0.15) is 6.10 Å². The highest BCUT2D eigenvalue weighted by Gasteiger charge is 2.56. The van der Waals surface area contributed by atoms with Gasteiger partial charge in [0.15, 0.2) is 0 Å². The molecule has 4 aliphatic rings. The molecule has 0 N–H and O–H groups in total. The van der Waals surface area contributed by atoms with E-state index >= 15 is 0 Å². The Labute approximate surface area is 198 Å². The Morgan fingerprint density at radius 2 is 1.82 bits per heavy atom. The van der Waals surface area contributed by atoms with Crippen LogP contribution in [0.15, 0.2) is 30.3 Å². The second-order valence-corrected chi connectivity index (χ2v) is 10.5. The van der Waals surface area contributed by atoms with E-state index < -0.39 is 0 Å². The lowest BCUT2D eigenvalue weighted by molar-refractivity contribution is -0.141. The van der Waals surface area contributed by atoms with Crippen LogP contribution < -0.4 is 4.90 Å². The van der Waals surface area contributed by atoms with E-state index in [0.29, 0.717) is 37.3 Å². The minimum atomic E-state index is -0.141. The maximum absolute atomic E-state index is 13.2. The van der Waals surface area contributed by atoms with Crippen molar-refractivity contribution < 1.29 is 14.3 Å². The summed E-state index contributed by atoms with van der Waals surface area (Å²) in [7, 11) is 0. The van der Waals surface area contributed by atoms with Crippen LogP contribution in [-0.2, 0) is 9.53 Å². The summed E-state index contributed by atoms with van der Waals surface area (Å²) in [5.74, 6) is 1.19. The number of ether oxygens (including phenoxy) is 1. The second kappa shape index (κ2) is 9.55. The molecule has 0 aromatic heterocycles. The van der Waals surface area contributed by atoms with Crippen LogP contribution in [0.2, 0.25) is 0 Å². The number of hydrogen-bond acceptors (Lipinski definition) is 4. The Kier molecular flexibility index (Phi) is 6.53. The van der Waals surface area contributed by atoms with Crippen LogP contribution in [0.4, 0.5) is 10.5 Å². The van der Waals surface area contributed by atoms with Gasteiger partial charge >= 0.3 is 6.09 Å². The van der Waals surface area contributed by atoms with E-state index in [0.717, 1.165) is 71.0 Å². The maximum Gasteiger partial charge on any atom is 0.410 e. The highest BCUT2D eigenvalue weighted by Crippen LogP contribution is 2.53. The number of anilines is 1. The molecule has 1 saturated carbocycles. The Bertz CT molecular complexity index is 838. The van der Waals surface area contributed by atoms with Crippen molar-refractivity contribution in [1.29, 1.82) is 0 Å². The summed E-state index contributed by atoms with van der Waals surface area (Å²) >= 11 is 0. The first-order valence-corrected chi connectivity index (χ1v) is 13.2. The molecular weight excluding hydrogens is 414 g/mol. The van der Waals surface area contributed by atoms with Gasteiger partial charge in [-0.2, -0.15) is 0 Å². The number of amides is 2. The van der Waals surface area contributed by atoms with E-state index in [-0.39, 0.29) is 17.7 Å². The highest BCUT2D eigenvalue weighted by atomic mass is 16.6. The molecule has 0 bridgehead atoms. The van der Waals surface area contributed by atoms with Crippen LogP contribution in [-0.4, -0.2) is 66.2 Å². The molecule has 3 aliphatic heterocycles. The number of carbonyl (C=O) groups excluding carboxylic acids is 2. The number of piperazine rings is 1. The number of benzene rings is 1. The Morgan fingerprint density at radius 3 is 2.58 bits per heavy atom. The van der Waals surface area contributed by atoms with Crippen LogP contribution in [0.25, 0.3) is 0 Å². The molecule has 3 heterocycles.